The highest BCUT2D eigenvalue weighted by Crippen LogP contribution is 2.66. The second-order valence-electron chi connectivity index (χ2n) is 12.5. The summed E-state index contributed by atoms with van der Waals surface area (Å²) in [5.41, 5.74) is 2.79. The van der Waals surface area contributed by atoms with Gasteiger partial charge in [0.15, 0.2) is 0 Å². The van der Waals surface area contributed by atoms with Crippen molar-refractivity contribution in [3.05, 3.63) is 23.8 Å². The predicted molar refractivity (Wildman–Crippen MR) is 128 cm³/mol. The smallest absolute Gasteiger partial charge is 0.0543 e. The monoisotopic (exact) mass is 412 g/mol. The first-order valence-electron chi connectivity index (χ1n) is 13.3. The first-order chi connectivity index (χ1) is 14.2. The van der Waals surface area contributed by atoms with Gasteiger partial charge in [-0.05, 0) is 110 Å². The number of fused-ring (bicyclic) bond motifs is 5. The Morgan fingerprint density at radius 1 is 1.00 bits per heavy atom. The van der Waals surface area contributed by atoms with Crippen LogP contribution in [-0.4, -0.2) is 11.2 Å². The zero-order valence-corrected chi connectivity index (χ0v) is 20.7. The third-order valence-electron chi connectivity index (χ3n) is 10.7. The standard InChI is InChI=1S/C29H48O/c1-7-21(19(2)3)9-8-20(4)25-12-13-26-24-11-10-22-18-23(30)14-16-28(22,5)27(24)15-17-29(25,26)6/h8-9,11,19-23,25-27,30H,7,10,12-18H2,1-6H3/b9-8-/t20-,21+,22+,23-,25+,26-,27-,28-,29+/m0/s1. The molecule has 0 amide bonds. The van der Waals surface area contributed by atoms with E-state index < -0.39 is 0 Å². The van der Waals surface area contributed by atoms with Gasteiger partial charge < -0.3 is 5.11 Å². The van der Waals surface area contributed by atoms with E-state index in [2.05, 4.69) is 59.8 Å². The van der Waals surface area contributed by atoms with E-state index in [4.69, 9.17) is 0 Å². The molecule has 1 nitrogen and oxygen atoms in total. The van der Waals surface area contributed by atoms with Crippen LogP contribution in [0.25, 0.3) is 0 Å². The molecule has 9 atom stereocenters. The van der Waals surface area contributed by atoms with E-state index >= 15 is 0 Å². The number of hydrogen-bond acceptors (Lipinski definition) is 1. The van der Waals surface area contributed by atoms with Crippen LogP contribution in [0, 0.1) is 52.3 Å². The van der Waals surface area contributed by atoms with E-state index in [0.717, 1.165) is 42.4 Å². The lowest BCUT2D eigenvalue weighted by Gasteiger charge is -2.57. The lowest BCUT2D eigenvalue weighted by atomic mass is 9.47. The highest BCUT2D eigenvalue weighted by molar-refractivity contribution is 5.28. The van der Waals surface area contributed by atoms with Gasteiger partial charge in [-0.1, -0.05) is 65.3 Å². The lowest BCUT2D eigenvalue weighted by molar-refractivity contribution is -0.0414. The van der Waals surface area contributed by atoms with E-state index in [0.29, 0.717) is 22.7 Å². The van der Waals surface area contributed by atoms with Crippen LogP contribution < -0.4 is 0 Å². The summed E-state index contributed by atoms with van der Waals surface area (Å²) < 4.78 is 0. The van der Waals surface area contributed by atoms with Crippen LogP contribution in [0.15, 0.2) is 23.8 Å². The molecule has 30 heavy (non-hydrogen) atoms. The van der Waals surface area contributed by atoms with Crippen LogP contribution in [-0.2, 0) is 0 Å². The van der Waals surface area contributed by atoms with Crippen molar-refractivity contribution in [2.75, 3.05) is 0 Å². The second-order valence-corrected chi connectivity index (χ2v) is 12.5. The fourth-order valence-corrected chi connectivity index (χ4v) is 8.68. The van der Waals surface area contributed by atoms with Crippen molar-refractivity contribution in [3.8, 4) is 0 Å². The second kappa shape index (κ2) is 8.42. The van der Waals surface area contributed by atoms with Crippen LogP contribution in [0.3, 0.4) is 0 Å². The molecule has 0 aromatic carbocycles. The van der Waals surface area contributed by atoms with Crippen molar-refractivity contribution in [1.82, 2.24) is 0 Å². The summed E-state index contributed by atoms with van der Waals surface area (Å²) in [6.45, 7) is 14.8. The molecule has 170 valence electrons. The minimum Gasteiger partial charge on any atom is -0.393 e. The SMILES string of the molecule is CC[C@H](/C=C\[C@H](C)[C@H]1CC[C@H]2C3=CC[C@@H]4C[C@@H](O)CC[C@]4(C)[C@H]3CC[C@]12C)C(C)C. The molecule has 0 aliphatic heterocycles. The average Bonchev–Trinajstić information content (AvgIpc) is 3.06. The Balaban J connectivity index is 1.53. The molecule has 0 unspecified atom stereocenters. The van der Waals surface area contributed by atoms with Gasteiger partial charge in [-0.2, -0.15) is 0 Å². The summed E-state index contributed by atoms with van der Waals surface area (Å²) >= 11 is 0. The van der Waals surface area contributed by atoms with Gasteiger partial charge in [-0.3, -0.25) is 0 Å². The summed E-state index contributed by atoms with van der Waals surface area (Å²) in [5.74, 6) is 5.32. The van der Waals surface area contributed by atoms with Crippen LogP contribution in [0.4, 0.5) is 0 Å². The van der Waals surface area contributed by atoms with Crippen molar-refractivity contribution in [2.45, 2.75) is 105 Å². The summed E-state index contributed by atoms with van der Waals surface area (Å²) in [6, 6.07) is 0. The molecule has 0 aromatic heterocycles. The van der Waals surface area contributed by atoms with Crippen molar-refractivity contribution in [2.24, 2.45) is 52.3 Å². The molecule has 0 bridgehead atoms. The minimum absolute atomic E-state index is 0.0480. The lowest BCUT2D eigenvalue weighted by Crippen LogP contribution is -2.49. The third kappa shape index (κ3) is 3.66. The van der Waals surface area contributed by atoms with E-state index in [-0.39, 0.29) is 6.10 Å². The molecular weight excluding hydrogens is 364 g/mol. The molecule has 0 heterocycles. The normalized spacial score (nSPS) is 45.6. The molecule has 0 radical (unpaired) electrons. The van der Waals surface area contributed by atoms with Gasteiger partial charge in [-0.25, -0.2) is 0 Å². The molecule has 4 rings (SSSR count). The Morgan fingerprint density at radius 2 is 1.70 bits per heavy atom. The predicted octanol–water partition coefficient (Wildman–Crippen LogP) is 7.80. The van der Waals surface area contributed by atoms with E-state index in [1.165, 1.54) is 44.9 Å². The first-order valence-corrected chi connectivity index (χ1v) is 13.3. The Morgan fingerprint density at radius 3 is 2.40 bits per heavy atom. The number of rotatable bonds is 5. The number of aliphatic hydroxyl groups excluding tert-OH is 1. The van der Waals surface area contributed by atoms with Crippen LogP contribution in [0.1, 0.15) is 99.3 Å². The molecule has 4 aliphatic carbocycles. The van der Waals surface area contributed by atoms with Gasteiger partial charge in [0, 0.05) is 0 Å². The molecule has 3 fully saturated rings. The number of aliphatic hydroxyl groups is 1. The molecule has 0 saturated heterocycles. The summed E-state index contributed by atoms with van der Waals surface area (Å²) in [7, 11) is 0. The minimum atomic E-state index is -0.0480. The molecule has 4 aliphatic rings. The Hall–Kier alpha value is -0.560. The van der Waals surface area contributed by atoms with Gasteiger partial charge in [0.1, 0.15) is 0 Å². The highest BCUT2D eigenvalue weighted by atomic mass is 16.3. The maximum Gasteiger partial charge on any atom is 0.0543 e. The molecule has 3 saturated carbocycles. The van der Waals surface area contributed by atoms with Crippen molar-refractivity contribution in [3.63, 3.8) is 0 Å². The molecule has 1 N–H and O–H groups in total. The maximum absolute atomic E-state index is 10.3. The van der Waals surface area contributed by atoms with Gasteiger partial charge in [0.25, 0.3) is 0 Å². The number of allylic oxidation sites excluding steroid dienone is 4. The average molecular weight is 413 g/mol. The molecular formula is C29H48O. The Kier molecular flexibility index (Phi) is 6.35. The molecule has 0 spiro atoms. The van der Waals surface area contributed by atoms with Gasteiger partial charge >= 0.3 is 0 Å². The fraction of sp³-hybridized carbons (Fsp3) is 0.862. The summed E-state index contributed by atoms with van der Waals surface area (Å²) in [5, 5.41) is 10.3. The van der Waals surface area contributed by atoms with Crippen LogP contribution in [0.5, 0.6) is 0 Å². The van der Waals surface area contributed by atoms with E-state index in [1.807, 2.05) is 5.57 Å². The summed E-state index contributed by atoms with van der Waals surface area (Å²) in [6.07, 6.45) is 19.2. The largest absolute Gasteiger partial charge is 0.393 e. The van der Waals surface area contributed by atoms with Crippen molar-refractivity contribution < 1.29 is 5.11 Å². The van der Waals surface area contributed by atoms with E-state index in [1.54, 1.807) is 0 Å². The topological polar surface area (TPSA) is 20.2 Å². The third-order valence-corrected chi connectivity index (χ3v) is 10.7. The quantitative estimate of drug-likeness (QED) is 0.457. The highest BCUT2D eigenvalue weighted by Gasteiger charge is 2.57. The van der Waals surface area contributed by atoms with Crippen molar-refractivity contribution >= 4 is 0 Å². The van der Waals surface area contributed by atoms with Crippen LogP contribution in [0.2, 0.25) is 0 Å². The fourth-order valence-electron chi connectivity index (χ4n) is 8.68. The van der Waals surface area contributed by atoms with E-state index in [9.17, 15) is 5.11 Å². The van der Waals surface area contributed by atoms with Gasteiger partial charge in [0.2, 0.25) is 0 Å². The zero-order valence-electron chi connectivity index (χ0n) is 20.7. The number of hydrogen-bond donors (Lipinski definition) is 1. The Labute approximate surface area is 186 Å². The summed E-state index contributed by atoms with van der Waals surface area (Å²) in [4.78, 5) is 0. The maximum atomic E-state index is 10.3. The Bertz CT molecular complexity index is 674. The molecule has 0 aromatic rings. The van der Waals surface area contributed by atoms with Gasteiger partial charge in [0.05, 0.1) is 6.10 Å². The van der Waals surface area contributed by atoms with Crippen LogP contribution >= 0.6 is 0 Å². The van der Waals surface area contributed by atoms with Crippen molar-refractivity contribution in [1.29, 1.82) is 0 Å². The zero-order chi connectivity index (χ0) is 21.7. The first kappa shape index (κ1) is 22.6. The molecule has 1 heteroatoms. The van der Waals surface area contributed by atoms with Gasteiger partial charge in [-0.15, -0.1) is 0 Å².